The Morgan fingerprint density at radius 1 is 1.31 bits per heavy atom. The molecule has 0 unspecified atom stereocenters. The Kier molecular flexibility index (Phi) is 4.23. The van der Waals surface area contributed by atoms with Crippen molar-refractivity contribution in [2.75, 3.05) is 13.6 Å². The number of carbonyl (C=O) groups is 1. The summed E-state index contributed by atoms with van der Waals surface area (Å²) in [6.45, 7) is 6.93. The van der Waals surface area contributed by atoms with Crippen LogP contribution in [-0.2, 0) is 0 Å². The van der Waals surface area contributed by atoms with Gasteiger partial charge in [0.1, 0.15) is 6.29 Å². The Balaban J connectivity index is 3.03. The molecule has 0 saturated carbocycles. The van der Waals surface area contributed by atoms with Crippen LogP contribution in [0.15, 0.2) is 17.1 Å². The van der Waals surface area contributed by atoms with Crippen LogP contribution in [0.5, 0.6) is 0 Å². The van der Waals surface area contributed by atoms with Crippen molar-refractivity contribution >= 4 is 18.3 Å². The third kappa shape index (κ3) is 2.69. The maximum Gasteiger partial charge on any atom is 0.150 e. The summed E-state index contributed by atoms with van der Waals surface area (Å²) in [5.74, 6) is 0. The quantitative estimate of drug-likeness (QED) is 0.442. The van der Waals surface area contributed by atoms with Gasteiger partial charge in [0.05, 0.1) is 12.0 Å². The summed E-state index contributed by atoms with van der Waals surface area (Å²) in [6.07, 6.45) is 2.69. The van der Waals surface area contributed by atoms with Crippen LogP contribution in [0.25, 0.3) is 0 Å². The van der Waals surface area contributed by atoms with Crippen molar-refractivity contribution < 1.29 is 4.79 Å². The summed E-state index contributed by atoms with van der Waals surface area (Å²) >= 11 is 0. The molecule has 3 nitrogen and oxygen atoms in total. The first-order chi connectivity index (χ1) is 7.60. The van der Waals surface area contributed by atoms with Crippen molar-refractivity contribution in [3.05, 3.63) is 28.8 Å². The van der Waals surface area contributed by atoms with Crippen LogP contribution in [0.3, 0.4) is 0 Å². The number of rotatable bonds is 4. The van der Waals surface area contributed by atoms with Crippen molar-refractivity contribution in [2.45, 2.75) is 20.8 Å². The molecular weight excluding hydrogens is 200 g/mol. The lowest BCUT2D eigenvalue weighted by molar-refractivity contribution is 0.112. The highest BCUT2D eigenvalue weighted by Crippen LogP contribution is 2.23. The van der Waals surface area contributed by atoms with E-state index in [1.807, 2.05) is 44.3 Å². The summed E-state index contributed by atoms with van der Waals surface area (Å²) in [6, 6.07) is 3.69. The summed E-state index contributed by atoms with van der Waals surface area (Å²) in [7, 11) is 1.98. The van der Waals surface area contributed by atoms with E-state index in [0.717, 1.165) is 35.2 Å². The summed E-state index contributed by atoms with van der Waals surface area (Å²) in [5.41, 5.74) is 3.72. The van der Waals surface area contributed by atoms with Crippen molar-refractivity contribution in [1.29, 1.82) is 0 Å². The molecule has 0 amide bonds. The molecule has 86 valence electrons. The Hall–Kier alpha value is -1.64. The predicted molar refractivity (Wildman–Crippen MR) is 67.8 cm³/mol. The van der Waals surface area contributed by atoms with Crippen LogP contribution in [-0.4, -0.2) is 31.1 Å². The van der Waals surface area contributed by atoms with Gasteiger partial charge in [-0.2, -0.15) is 0 Å². The third-order valence-electron chi connectivity index (χ3n) is 2.82. The number of nitrogens with zero attached hydrogens (tertiary/aromatic N) is 2. The van der Waals surface area contributed by atoms with Gasteiger partial charge < -0.3 is 4.90 Å². The highest BCUT2D eigenvalue weighted by Gasteiger charge is 2.04. The SMILES string of the molecule is CCN(C)/C=N/c1ccc(C=O)c(C)c1C. The van der Waals surface area contributed by atoms with Gasteiger partial charge >= 0.3 is 0 Å². The molecule has 0 aliphatic rings. The average Bonchev–Trinajstić information content (AvgIpc) is 2.30. The summed E-state index contributed by atoms with van der Waals surface area (Å²) < 4.78 is 0. The highest BCUT2D eigenvalue weighted by atomic mass is 16.1. The minimum absolute atomic E-state index is 0.736. The molecule has 0 aliphatic carbocycles. The maximum absolute atomic E-state index is 10.8. The van der Waals surface area contributed by atoms with E-state index in [1.54, 1.807) is 0 Å². The monoisotopic (exact) mass is 218 g/mol. The fourth-order valence-electron chi connectivity index (χ4n) is 1.34. The molecule has 1 aromatic rings. The summed E-state index contributed by atoms with van der Waals surface area (Å²) in [5, 5.41) is 0. The van der Waals surface area contributed by atoms with E-state index in [0.29, 0.717) is 0 Å². The molecule has 0 bridgehead atoms. The smallest absolute Gasteiger partial charge is 0.150 e. The topological polar surface area (TPSA) is 32.7 Å². The number of hydrogen-bond donors (Lipinski definition) is 0. The average molecular weight is 218 g/mol. The molecule has 0 N–H and O–H groups in total. The fraction of sp³-hybridized carbons (Fsp3) is 0.385. The number of aldehydes is 1. The number of hydrogen-bond acceptors (Lipinski definition) is 2. The van der Waals surface area contributed by atoms with Gasteiger partial charge in [-0.05, 0) is 44.0 Å². The van der Waals surface area contributed by atoms with Crippen molar-refractivity contribution in [3.8, 4) is 0 Å². The molecule has 0 aliphatic heterocycles. The molecule has 0 radical (unpaired) electrons. The normalized spacial score (nSPS) is 10.8. The lowest BCUT2D eigenvalue weighted by Gasteiger charge is -2.10. The van der Waals surface area contributed by atoms with E-state index in [2.05, 4.69) is 11.9 Å². The van der Waals surface area contributed by atoms with Gasteiger partial charge in [0.15, 0.2) is 0 Å². The second kappa shape index (κ2) is 5.45. The van der Waals surface area contributed by atoms with Gasteiger partial charge in [0.2, 0.25) is 0 Å². The first-order valence-electron chi connectivity index (χ1n) is 5.40. The van der Waals surface area contributed by atoms with Crippen molar-refractivity contribution in [1.82, 2.24) is 4.90 Å². The van der Waals surface area contributed by atoms with E-state index >= 15 is 0 Å². The van der Waals surface area contributed by atoms with Crippen LogP contribution in [0.2, 0.25) is 0 Å². The fourth-order valence-corrected chi connectivity index (χ4v) is 1.34. The van der Waals surface area contributed by atoms with E-state index in [-0.39, 0.29) is 0 Å². The molecule has 16 heavy (non-hydrogen) atoms. The van der Waals surface area contributed by atoms with Crippen LogP contribution in [0, 0.1) is 13.8 Å². The molecule has 0 heterocycles. The molecule has 1 aromatic carbocycles. The van der Waals surface area contributed by atoms with E-state index in [1.165, 1.54) is 0 Å². The van der Waals surface area contributed by atoms with Gasteiger partial charge in [-0.1, -0.05) is 0 Å². The second-order valence-electron chi connectivity index (χ2n) is 3.86. The lowest BCUT2D eigenvalue weighted by atomic mass is 10.0. The summed E-state index contributed by atoms with van der Waals surface area (Å²) in [4.78, 5) is 17.2. The standard InChI is InChI=1S/C13H18N2O/c1-5-15(4)9-14-13-7-6-12(8-16)10(2)11(13)3/h6-9H,5H2,1-4H3/b14-9+. The zero-order chi connectivity index (χ0) is 12.1. The van der Waals surface area contributed by atoms with Gasteiger partial charge in [-0.15, -0.1) is 0 Å². The van der Waals surface area contributed by atoms with Crippen molar-refractivity contribution in [3.63, 3.8) is 0 Å². The van der Waals surface area contributed by atoms with Gasteiger partial charge in [-0.25, -0.2) is 4.99 Å². The zero-order valence-corrected chi connectivity index (χ0v) is 10.3. The molecule has 3 heteroatoms. The molecule has 0 aromatic heterocycles. The van der Waals surface area contributed by atoms with E-state index < -0.39 is 0 Å². The second-order valence-corrected chi connectivity index (χ2v) is 3.86. The zero-order valence-electron chi connectivity index (χ0n) is 10.3. The number of benzene rings is 1. The minimum Gasteiger partial charge on any atom is -0.366 e. The third-order valence-corrected chi connectivity index (χ3v) is 2.82. The van der Waals surface area contributed by atoms with Gasteiger partial charge in [0.25, 0.3) is 0 Å². The Labute approximate surface area is 96.8 Å². The Morgan fingerprint density at radius 2 is 2.00 bits per heavy atom. The number of aliphatic imine (C=N–C) groups is 1. The lowest BCUT2D eigenvalue weighted by Crippen LogP contribution is -2.14. The van der Waals surface area contributed by atoms with Crippen LogP contribution < -0.4 is 0 Å². The first kappa shape index (κ1) is 12.4. The molecule has 0 spiro atoms. The number of carbonyl (C=O) groups excluding carboxylic acids is 1. The van der Waals surface area contributed by atoms with Gasteiger partial charge in [0, 0.05) is 19.2 Å². The van der Waals surface area contributed by atoms with Crippen molar-refractivity contribution in [2.24, 2.45) is 4.99 Å². The first-order valence-corrected chi connectivity index (χ1v) is 5.40. The van der Waals surface area contributed by atoms with E-state index in [4.69, 9.17) is 0 Å². The van der Waals surface area contributed by atoms with Crippen LogP contribution in [0.1, 0.15) is 28.4 Å². The largest absolute Gasteiger partial charge is 0.366 e. The molecular formula is C13H18N2O. The maximum atomic E-state index is 10.8. The van der Waals surface area contributed by atoms with E-state index in [9.17, 15) is 4.79 Å². The minimum atomic E-state index is 0.736. The Bertz CT molecular complexity index is 411. The molecule has 0 atom stereocenters. The molecule has 1 rings (SSSR count). The molecule has 0 saturated heterocycles. The van der Waals surface area contributed by atoms with Crippen LogP contribution in [0.4, 0.5) is 5.69 Å². The highest BCUT2D eigenvalue weighted by molar-refractivity contribution is 5.80. The van der Waals surface area contributed by atoms with Gasteiger partial charge in [-0.3, -0.25) is 4.79 Å². The predicted octanol–water partition coefficient (Wildman–Crippen LogP) is 2.73. The van der Waals surface area contributed by atoms with Crippen LogP contribution >= 0.6 is 0 Å². The Morgan fingerprint density at radius 3 is 2.56 bits per heavy atom. The molecule has 0 fully saturated rings.